The predicted octanol–water partition coefficient (Wildman–Crippen LogP) is 2.80. The Kier molecular flexibility index (Phi) is 4.77. The number of benzene rings is 1. The van der Waals surface area contributed by atoms with Gasteiger partial charge in [-0.25, -0.2) is 0 Å². The van der Waals surface area contributed by atoms with Gasteiger partial charge < -0.3 is 18.6 Å². The molecule has 8 heteroatoms. The van der Waals surface area contributed by atoms with Crippen molar-refractivity contribution >= 4 is 12.6 Å². The van der Waals surface area contributed by atoms with Crippen molar-refractivity contribution in [1.29, 1.82) is 0 Å². The second-order valence-electron chi connectivity index (χ2n) is 7.97. The summed E-state index contributed by atoms with van der Waals surface area (Å²) < 4.78 is 24.9. The minimum absolute atomic E-state index is 0.379. The molecule has 0 amide bonds. The third-order valence-electron chi connectivity index (χ3n) is 5.26. The van der Waals surface area contributed by atoms with Crippen molar-refractivity contribution in [2.24, 2.45) is 0 Å². The standard InChI is InChI=1S/C20H24BN3O4/c1-19(2)20(3,4)28-21(27-19)16-11-22-24(12-16)13-17-10-18(23-26-17)25-14-15-8-6-5-7-9-15/h5-12H,13-14H2,1-4H3. The Balaban J connectivity index is 1.36. The largest absolute Gasteiger partial charge is 0.498 e. The van der Waals surface area contributed by atoms with Gasteiger partial charge >= 0.3 is 7.12 Å². The Bertz CT molecular complexity index is 920. The lowest BCUT2D eigenvalue weighted by atomic mass is 9.82. The van der Waals surface area contributed by atoms with Gasteiger partial charge in [0.15, 0.2) is 5.76 Å². The second kappa shape index (κ2) is 7.11. The van der Waals surface area contributed by atoms with E-state index in [4.69, 9.17) is 18.6 Å². The van der Waals surface area contributed by atoms with Crippen LogP contribution in [0, 0.1) is 0 Å². The zero-order chi connectivity index (χ0) is 19.8. The average Bonchev–Trinajstić information content (AvgIpc) is 3.34. The molecule has 0 N–H and O–H groups in total. The van der Waals surface area contributed by atoms with E-state index in [1.165, 1.54) is 0 Å². The molecule has 0 saturated carbocycles. The molecule has 3 heterocycles. The van der Waals surface area contributed by atoms with Gasteiger partial charge in [0.25, 0.3) is 5.88 Å². The third-order valence-corrected chi connectivity index (χ3v) is 5.26. The summed E-state index contributed by atoms with van der Waals surface area (Å²) in [6.07, 6.45) is 3.65. The van der Waals surface area contributed by atoms with Crippen LogP contribution in [0.4, 0.5) is 0 Å². The van der Waals surface area contributed by atoms with Crippen LogP contribution < -0.4 is 10.2 Å². The van der Waals surface area contributed by atoms with Crippen LogP contribution in [-0.4, -0.2) is 33.3 Å². The molecule has 0 atom stereocenters. The summed E-state index contributed by atoms with van der Waals surface area (Å²) in [5.41, 5.74) is 1.19. The van der Waals surface area contributed by atoms with Crippen molar-refractivity contribution in [2.75, 3.05) is 0 Å². The van der Waals surface area contributed by atoms with Crippen LogP contribution in [0.3, 0.4) is 0 Å². The maximum absolute atomic E-state index is 6.06. The smallest absolute Gasteiger partial charge is 0.471 e. The number of rotatable bonds is 6. The molecule has 146 valence electrons. The van der Waals surface area contributed by atoms with Gasteiger partial charge in [0, 0.05) is 23.9 Å². The fraction of sp³-hybridized carbons (Fsp3) is 0.400. The summed E-state index contributed by atoms with van der Waals surface area (Å²) in [5.74, 6) is 1.11. The van der Waals surface area contributed by atoms with E-state index in [9.17, 15) is 0 Å². The van der Waals surface area contributed by atoms with E-state index in [0.29, 0.717) is 24.8 Å². The van der Waals surface area contributed by atoms with E-state index in [-0.39, 0.29) is 11.2 Å². The highest BCUT2D eigenvalue weighted by Gasteiger charge is 2.52. The maximum atomic E-state index is 6.06. The van der Waals surface area contributed by atoms with E-state index >= 15 is 0 Å². The number of hydrogen-bond acceptors (Lipinski definition) is 6. The van der Waals surface area contributed by atoms with Crippen molar-refractivity contribution < 1.29 is 18.6 Å². The molecule has 0 aliphatic carbocycles. The molecule has 1 fully saturated rings. The SMILES string of the molecule is CC1(C)OB(c2cnn(Cc3cc(OCc4ccccc4)no3)c2)OC1(C)C. The van der Waals surface area contributed by atoms with Gasteiger partial charge in [0.1, 0.15) is 13.2 Å². The van der Waals surface area contributed by atoms with Crippen LogP contribution >= 0.6 is 0 Å². The van der Waals surface area contributed by atoms with Crippen LogP contribution in [0.25, 0.3) is 0 Å². The number of aromatic nitrogens is 3. The van der Waals surface area contributed by atoms with Gasteiger partial charge in [0.2, 0.25) is 0 Å². The minimum Gasteiger partial charge on any atom is -0.471 e. The lowest BCUT2D eigenvalue weighted by Crippen LogP contribution is -2.41. The molecule has 1 saturated heterocycles. The summed E-state index contributed by atoms with van der Waals surface area (Å²) in [5, 5.41) is 8.34. The van der Waals surface area contributed by atoms with Crippen molar-refractivity contribution in [1.82, 2.24) is 14.9 Å². The van der Waals surface area contributed by atoms with E-state index in [1.807, 2.05) is 64.2 Å². The molecule has 2 aromatic heterocycles. The Morgan fingerprint density at radius 3 is 2.50 bits per heavy atom. The highest BCUT2D eigenvalue weighted by molar-refractivity contribution is 6.61. The van der Waals surface area contributed by atoms with Crippen molar-refractivity contribution in [3.05, 3.63) is 60.1 Å². The van der Waals surface area contributed by atoms with Gasteiger partial charge in [-0.05, 0) is 38.4 Å². The Morgan fingerprint density at radius 2 is 1.79 bits per heavy atom. The number of nitrogens with zero attached hydrogens (tertiary/aromatic N) is 3. The normalized spacial score (nSPS) is 17.8. The van der Waals surface area contributed by atoms with Crippen LogP contribution in [0.1, 0.15) is 39.0 Å². The molecule has 0 spiro atoms. The fourth-order valence-electron chi connectivity index (χ4n) is 2.89. The zero-order valence-corrected chi connectivity index (χ0v) is 16.6. The topological polar surface area (TPSA) is 71.5 Å². The van der Waals surface area contributed by atoms with Crippen molar-refractivity contribution in [3.63, 3.8) is 0 Å². The van der Waals surface area contributed by atoms with Crippen molar-refractivity contribution in [3.8, 4) is 5.88 Å². The molecule has 1 aliphatic rings. The summed E-state index contributed by atoms with van der Waals surface area (Å²) in [6.45, 7) is 9.01. The summed E-state index contributed by atoms with van der Waals surface area (Å²) in [6, 6.07) is 11.7. The van der Waals surface area contributed by atoms with Gasteiger partial charge in [0.05, 0.1) is 11.2 Å². The molecule has 0 unspecified atom stereocenters. The average molecular weight is 381 g/mol. The van der Waals surface area contributed by atoms with Crippen LogP contribution in [0.5, 0.6) is 5.88 Å². The van der Waals surface area contributed by atoms with Gasteiger partial charge in [-0.2, -0.15) is 5.10 Å². The molecule has 4 rings (SSSR count). The van der Waals surface area contributed by atoms with E-state index < -0.39 is 7.12 Å². The van der Waals surface area contributed by atoms with Gasteiger partial charge in [-0.1, -0.05) is 30.3 Å². The van der Waals surface area contributed by atoms with Gasteiger partial charge in [-0.15, -0.1) is 0 Å². The van der Waals surface area contributed by atoms with E-state index in [2.05, 4.69) is 10.3 Å². The molecule has 0 radical (unpaired) electrons. The van der Waals surface area contributed by atoms with Crippen molar-refractivity contribution in [2.45, 2.75) is 52.0 Å². The van der Waals surface area contributed by atoms with E-state index in [1.54, 1.807) is 16.9 Å². The molecule has 1 aromatic carbocycles. The molecule has 3 aromatic rings. The first kappa shape index (κ1) is 18.8. The first-order chi connectivity index (χ1) is 13.3. The third kappa shape index (κ3) is 3.83. The Labute approximate surface area is 164 Å². The fourth-order valence-corrected chi connectivity index (χ4v) is 2.89. The van der Waals surface area contributed by atoms with Crippen LogP contribution in [0.2, 0.25) is 0 Å². The second-order valence-corrected chi connectivity index (χ2v) is 7.97. The summed E-state index contributed by atoms with van der Waals surface area (Å²) in [7, 11) is -0.432. The van der Waals surface area contributed by atoms with Crippen LogP contribution in [-0.2, 0) is 22.5 Å². The zero-order valence-electron chi connectivity index (χ0n) is 16.6. The van der Waals surface area contributed by atoms with E-state index in [0.717, 1.165) is 11.0 Å². The first-order valence-electron chi connectivity index (χ1n) is 9.33. The molecule has 0 bridgehead atoms. The summed E-state index contributed by atoms with van der Waals surface area (Å²) >= 11 is 0. The number of hydrogen-bond donors (Lipinski definition) is 0. The first-order valence-corrected chi connectivity index (χ1v) is 9.33. The molecule has 1 aliphatic heterocycles. The Hall–Kier alpha value is -2.58. The van der Waals surface area contributed by atoms with Gasteiger partial charge in [-0.3, -0.25) is 4.68 Å². The minimum atomic E-state index is -0.432. The maximum Gasteiger partial charge on any atom is 0.498 e. The predicted molar refractivity (Wildman–Crippen MR) is 104 cm³/mol. The Morgan fingerprint density at radius 1 is 1.07 bits per heavy atom. The highest BCUT2D eigenvalue weighted by atomic mass is 16.7. The number of ether oxygens (including phenoxy) is 1. The monoisotopic (exact) mass is 381 g/mol. The summed E-state index contributed by atoms with van der Waals surface area (Å²) in [4.78, 5) is 0. The lowest BCUT2D eigenvalue weighted by molar-refractivity contribution is 0.00578. The lowest BCUT2D eigenvalue weighted by Gasteiger charge is -2.32. The molecule has 7 nitrogen and oxygen atoms in total. The molecular formula is C20H24BN3O4. The highest BCUT2D eigenvalue weighted by Crippen LogP contribution is 2.36. The van der Waals surface area contributed by atoms with Crippen LogP contribution in [0.15, 0.2) is 53.3 Å². The quantitative estimate of drug-likeness (QED) is 0.612. The molecular weight excluding hydrogens is 357 g/mol. The molecule has 28 heavy (non-hydrogen) atoms.